The summed E-state index contributed by atoms with van der Waals surface area (Å²) in [5.41, 5.74) is -5.93. The zero-order chi connectivity index (χ0) is 30.0. The molecule has 1 spiro atoms. The molecule has 2 fully saturated rings. The molecule has 0 bridgehead atoms. The second-order valence-electron chi connectivity index (χ2n) is 11.6. The fourth-order valence-electron chi connectivity index (χ4n) is 6.88. The van der Waals surface area contributed by atoms with Crippen molar-refractivity contribution >= 4 is 29.8 Å². The average molecular weight is 565 g/mol. The topological polar surface area (TPSA) is 164 Å². The number of carbonyl (C=O) groups excluding carboxylic acids is 5. The molecule has 4 rings (SSSR count). The Morgan fingerprint density at radius 3 is 1.98 bits per heavy atom. The van der Waals surface area contributed by atoms with Crippen molar-refractivity contribution in [1.29, 1.82) is 0 Å². The fourth-order valence-corrected chi connectivity index (χ4v) is 6.88. The number of carbonyl (C=O) groups is 5. The summed E-state index contributed by atoms with van der Waals surface area (Å²) in [6, 6.07) is 0. The van der Waals surface area contributed by atoms with Gasteiger partial charge in [-0.1, -0.05) is 18.6 Å². The Kier molecular flexibility index (Phi) is 7.20. The molecule has 0 saturated carbocycles. The minimum atomic E-state index is -2.00. The fraction of sp³-hybridized carbons (Fsp3) is 0.679. The van der Waals surface area contributed by atoms with E-state index in [1.54, 1.807) is 26.0 Å². The van der Waals surface area contributed by atoms with Gasteiger partial charge in [0.05, 0.1) is 0 Å². The molecular formula is C28H36O12. The Bertz CT molecular complexity index is 1200. The summed E-state index contributed by atoms with van der Waals surface area (Å²) >= 11 is 0. The van der Waals surface area contributed by atoms with E-state index in [4.69, 9.17) is 28.4 Å². The smallest absolute Gasteiger partial charge is 0.342 e. The number of hydrogen-bond acceptors (Lipinski definition) is 12. The second kappa shape index (κ2) is 9.69. The molecular weight excluding hydrogens is 528 g/mol. The molecule has 220 valence electrons. The molecule has 2 aliphatic carbocycles. The summed E-state index contributed by atoms with van der Waals surface area (Å²) in [5.74, 6) is -4.71. The van der Waals surface area contributed by atoms with Crippen LogP contribution in [0.1, 0.15) is 61.8 Å². The Balaban J connectivity index is 2.06. The zero-order valence-corrected chi connectivity index (χ0v) is 23.8. The van der Waals surface area contributed by atoms with Crippen molar-refractivity contribution < 1.29 is 57.5 Å². The molecule has 12 nitrogen and oxygen atoms in total. The van der Waals surface area contributed by atoms with E-state index in [-0.39, 0.29) is 6.42 Å². The molecule has 40 heavy (non-hydrogen) atoms. The van der Waals surface area contributed by atoms with Gasteiger partial charge in [0.15, 0.2) is 17.3 Å². The van der Waals surface area contributed by atoms with Crippen LogP contribution in [-0.4, -0.2) is 82.3 Å². The highest BCUT2D eigenvalue weighted by Gasteiger charge is 2.88. The van der Waals surface area contributed by atoms with Crippen LogP contribution in [0.5, 0.6) is 0 Å². The van der Waals surface area contributed by atoms with Gasteiger partial charge in [0.25, 0.3) is 0 Å². The highest BCUT2D eigenvalue weighted by molar-refractivity contribution is 5.89. The van der Waals surface area contributed by atoms with Crippen LogP contribution in [0, 0.1) is 11.3 Å². The predicted octanol–water partition coefficient (Wildman–Crippen LogP) is 1.46. The monoisotopic (exact) mass is 564 g/mol. The maximum absolute atomic E-state index is 13.1. The van der Waals surface area contributed by atoms with Gasteiger partial charge in [-0.15, -0.1) is 0 Å². The Morgan fingerprint density at radius 2 is 1.45 bits per heavy atom. The Labute approximate surface area is 231 Å². The maximum atomic E-state index is 13.1. The van der Waals surface area contributed by atoms with E-state index in [1.165, 1.54) is 47.6 Å². The minimum Gasteiger partial charge on any atom is -0.459 e. The first kappa shape index (κ1) is 29.7. The third-order valence-corrected chi connectivity index (χ3v) is 8.46. The van der Waals surface area contributed by atoms with Crippen molar-refractivity contribution in [3.63, 3.8) is 0 Å². The van der Waals surface area contributed by atoms with Crippen molar-refractivity contribution in [2.24, 2.45) is 11.3 Å². The van der Waals surface area contributed by atoms with E-state index in [0.29, 0.717) is 5.57 Å². The van der Waals surface area contributed by atoms with Crippen molar-refractivity contribution in [2.45, 2.75) is 109 Å². The van der Waals surface area contributed by atoms with Gasteiger partial charge >= 0.3 is 29.8 Å². The molecule has 4 aliphatic rings. The van der Waals surface area contributed by atoms with E-state index >= 15 is 0 Å². The highest BCUT2D eigenvalue weighted by atomic mass is 16.7. The Hall–Kier alpha value is -3.25. The SMILES string of the molecule is CC(=O)O[C@@H]1C/C(C)=C\[C@@H]2OC(=O)[C@]3(C)O[C@]23[C@@H](OC(C)=O)[C@H]2[C@](C)(O)[C@H](OC(C)=O)C=C[C@]2(C)[C@H]1OC(C)=O. The van der Waals surface area contributed by atoms with Gasteiger partial charge in [-0.3, -0.25) is 19.2 Å². The van der Waals surface area contributed by atoms with E-state index in [2.05, 4.69) is 0 Å². The summed E-state index contributed by atoms with van der Waals surface area (Å²) in [5, 5.41) is 12.2. The molecule has 2 aliphatic heterocycles. The standard InChI is InChI=1S/C28H36O12/c1-13-11-18(35-14(2)29)22(37-16(4)31)25(6)10-9-19(36-15(3)30)26(7,34)21(25)23(38-17(5)32)28-20(12-13)39-24(33)27(28,8)40-28/h9-10,12,18-23,34H,11H2,1-8H3/b13-12-/t18-,19-,20+,21-,22+,23+,25+,26-,27+,28+/m1/s1. The first-order chi connectivity index (χ1) is 18.4. The van der Waals surface area contributed by atoms with Crippen LogP contribution in [0.3, 0.4) is 0 Å². The molecule has 2 saturated heterocycles. The minimum absolute atomic E-state index is 0.0717. The van der Waals surface area contributed by atoms with Crippen molar-refractivity contribution in [2.75, 3.05) is 0 Å². The lowest BCUT2D eigenvalue weighted by molar-refractivity contribution is -0.227. The van der Waals surface area contributed by atoms with Gasteiger partial charge in [-0.25, -0.2) is 4.79 Å². The summed E-state index contributed by atoms with van der Waals surface area (Å²) in [6.45, 7) is 11.0. The number of hydrogen-bond donors (Lipinski definition) is 1. The molecule has 1 N–H and O–H groups in total. The lowest BCUT2D eigenvalue weighted by atomic mass is 9.55. The summed E-state index contributed by atoms with van der Waals surface area (Å²) in [4.78, 5) is 62.4. The predicted molar refractivity (Wildman–Crippen MR) is 134 cm³/mol. The number of rotatable bonds is 4. The van der Waals surface area contributed by atoms with Crippen LogP contribution < -0.4 is 0 Å². The van der Waals surface area contributed by atoms with Crippen molar-refractivity contribution in [1.82, 2.24) is 0 Å². The number of esters is 5. The van der Waals surface area contributed by atoms with Crippen LogP contribution in [0.4, 0.5) is 0 Å². The first-order valence-corrected chi connectivity index (χ1v) is 13.1. The number of epoxide rings is 1. The third kappa shape index (κ3) is 4.50. The highest BCUT2D eigenvalue weighted by Crippen LogP contribution is 2.65. The molecule has 0 radical (unpaired) electrons. The summed E-state index contributed by atoms with van der Waals surface area (Å²) < 4.78 is 34.7. The summed E-state index contributed by atoms with van der Waals surface area (Å²) in [7, 11) is 0. The van der Waals surface area contributed by atoms with Gasteiger partial charge < -0.3 is 33.5 Å². The van der Waals surface area contributed by atoms with Crippen molar-refractivity contribution in [3.05, 3.63) is 23.8 Å². The molecule has 0 aromatic rings. The number of aliphatic hydroxyl groups is 1. The van der Waals surface area contributed by atoms with Crippen LogP contribution in [-0.2, 0) is 52.4 Å². The van der Waals surface area contributed by atoms with Gasteiger partial charge in [-0.2, -0.15) is 0 Å². The van der Waals surface area contributed by atoms with Crippen LogP contribution in [0.25, 0.3) is 0 Å². The molecule has 10 atom stereocenters. The van der Waals surface area contributed by atoms with Gasteiger partial charge in [0, 0.05) is 45.4 Å². The molecule has 0 unspecified atom stereocenters. The number of ether oxygens (including phenoxy) is 6. The van der Waals surface area contributed by atoms with Gasteiger partial charge in [0.1, 0.15) is 30.0 Å². The quantitative estimate of drug-likeness (QED) is 0.227. The molecule has 2 heterocycles. The summed E-state index contributed by atoms with van der Waals surface area (Å²) in [6.07, 6.45) is -1.23. The second-order valence-corrected chi connectivity index (χ2v) is 11.6. The largest absolute Gasteiger partial charge is 0.459 e. The lowest BCUT2D eigenvalue weighted by Gasteiger charge is -2.55. The van der Waals surface area contributed by atoms with E-state index in [9.17, 15) is 29.1 Å². The van der Waals surface area contributed by atoms with E-state index < -0.39 is 88.5 Å². The normalized spacial score (nSPS) is 44.8. The lowest BCUT2D eigenvalue weighted by Crippen LogP contribution is -2.68. The first-order valence-electron chi connectivity index (χ1n) is 13.1. The van der Waals surface area contributed by atoms with E-state index in [0.717, 1.165) is 0 Å². The Morgan fingerprint density at radius 1 is 0.900 bits per heavy atom. The van der Waals surface area contributed by atoms with Crippen molar-refractivity contribution in [3.8, 4) is 0 Å². The van der Waals surface area contributed by atoms with Crippen LogP contribution in [0.15, 0.2) is 23.8 Å². The van der Waals surface area contributed by atoms with Gasteiger partial charge in [-0.05, 0) is 32.9 Å². The number of fused-ring (bicyclic) bond motifs is 1. The van der Waals surface area contributed by atoms with Crippen LogP contribution >= 0.6 is 0 Å². The van der Waals surface area contributed by atoms with Crippen LogP contribution in [0.2, 0.25) is 0 Å². The molecule has 0 amide bonds. The van der Waals surface area contributed by atoms with Gasteiger partial charge in [0.2, 0.25) is 0 Å². The molecule has 0 aromatic heterocycles. The average Bonchev–Trinajstić information content (AvgIpc) is 3.38. The molecule has 0 aromatic carbocycles. The maximum Gasteiger partial charge on any atom is 0.342 e. The third-order valence-electron chi connectivity index (χ3n) is 8.46. The molecule has 12 heteroatoms. The van der Waals surface area contributed by atoms with E-state index in [1.807, 2.05) is 0 Å². The zero-order valence-electron chi connectivity index (χ0n) is 23.8.